The topological polar surface area (TPSA) is 83.3 Å². The van der Waals surface area contributed by atoms with Crippen LogP contribution in [-0.4, -0.2) is 43.9 Å². The maximum absolute atomic E-state index is 12.5. The summed E-state index contributed by atoms with van der Waals surface area (Å²) in [5.74, 6) is 1.88. The summed E-state index contributed by atoms with van der Waals surface area (Å²) in [5.41, 5.74) is 2.55. The molecule has 4 aromatic rings. The minimum absolute atomic E-state index is 0.327. The van der Waals surface area contributed by atoms with Crippen molar-refractivity contribution in [3.63, 3.8) is 0 Å². The van der Waals surface area contributed by atoms with Crippen molar-refractivity contribution in [3.05, 3.63) is 78.4 Å². The summed E-state index contributed by atoms with van der Waals surface area (Å²) in [6, 6.07) is 23.6. The molecule has 0 spiro atoms. The molecule has 0 aliphatic rings. The molecule has 0 aliphatic heterocycles. The summed E-state index contributed by atoms with van der Waals surface area (Å²) >= 11 is 0. The smallest absolute Gasteiger partial charge is 0.347 e. The first kappa shape index (κ1) is 28.8. The molecule has 1 atom stereocenters. The molecule has 0 saturated carbocycles. The first-order chi connectivity index (χ1) is 19.6. The Morgan fingerprint density at radius 2 is 1.73 bits per heavy atom. The van der Waals surface area contributed by atoms with Gasteiger partial charge in [0, 0.05) is 13.1 Å². The van der Waals surface area contributed by atoms with Gasteiger partial charge in [0.1, 0.15) is 22.8 Å². The van der Waals surface area contributed by atoms with Crippen molar-refractivity contribution < 1.29 is 28.2 Å². The van der Waals surface area contributed by atoms with E-state index in [-0.39, 0.29) is 5.97 Å². The van der Waals surface area contributed by atoms with E-state index in [2.05, 4.69) is 11.8 Å². The Hall–Kier alpha value is -4.20. The maximum Gasteiger partial charge on any atom is 0.347 e. The van der Waals surface area contributed by atoms with Gasteiger partial charge in [-0.3, -0.25) is 0 Å². The fourth-order valence-corrected chi connectivity index (χ4v) is 4.16. The molecule has 40 heavy (non-hydrogen) atoms. The van der Waals surface area contributed by atoms with Crippen molar-refractivity contribution in [3.8, 4) is 17.2 Å². The highest BCUT2D eigenvalue weighted by Gasteiger charge is 2.21. The van der Waals surface area contributed by atoms with Gasteiger partial charge in [-0.15, -0.1) is 0 Å². The Bertz CT molecular complexity index is 1300. The Morgan fingerprint density at radius 3 is 2.48 bits per heavy atom. The number of ether oxygens (including phenoxy) is 4. The van der Waals surface area contributed by atoms with Gasteiger partial charge in [-0.05, 0) is 73.4 Å². The van der Waals surface area contributed by atoms with Crippen LogP contribution in [0.3, 0.4) is 0 Å². The van der Waals surface area contributed by atoms with Gasteiger partial charge in [-0.25, -0.2) is 4.79 Å². The second-order valence-corrected chi connectivity index (χ2v) is 9.45. The minimum atomic E-state index is -0.643. The maximum atomic E-state index is 12.5. The van der Waals surface area contributed by atoms with Gasteiger partial charge in [0.2, 0.25) is 0 Å². The van der Waals surface area contributed by atoms with E-state index in [1.54, 1.807) is 7.11 Å². The molecule has 0 N–H and O–H groups in total. The molecule has 212 valence electrons. The Balaban J connectivity index is 1.43. The number of hydrogen-bond acceptors (Lipinski definition) is 8. The predicted molar refractivity (Wildman–Crippen MR) is 155 cm³/mol. The average molecular weight is 547 g/mol. The summed E-state index contributed by atoms with van der Waals surface area (Å²) in [4.78, 5) is 19.3. The molecule has 0 radical (unpaired) electrons. The van der Waals surface area contributed by atoms with E-state index in [1.807, 2.05) is 79.7 Å². The molecular formula is C32H38N2O6. The number of anilines is 1. The largest absolute Gasteiger partial charge is 0.497 e. The number of unbranched alkanes of at least 4 members (excludes halogenated alkanes) is 1. The van der Waals surface area contributed by atoms with Crippen LogP contribution in [-0.2, 0) is 16.1 Å². The number of carbonyl (C=O) groups is 1. The van der Waals surface area contributed by atoms with Gasteiger partial charge >= 0.3 is 5.97 Å². The molecule has 8 heteroatoms. The van der Waals surface area contributed by atoms with Gasteiger partial charge in [0.05, 0.1) is 20.3 Å². The SMILES string of the molecule is CCCCOC(=O)[C@@H](CC)Oc1cccc(CN(CCCOc2ccc(OC)cc2)c2nc3ccccc3o2)c1. The summed E-state index contributed by atoms with van der Waals surface area (Å²) < 4.78 is 28.7. The van der Waals surface area contributed by atoms with Crippen LogP contribution in [0.25, 0.3) is 11.1 Å². The fraction of sp³-hybridized carbons (Fsp3) is 0.375. The van der Waals surface area contributed by atoms with Crippen molar-refractivity contribution in [2.45, 2.75) is 52.2 Å². The highest BCUT2D eigenvalue weighted by molar-refractivity contribution is 5.75. The standard InChI is InChI=1S/C32H38N2O6/c1-4-6-20-38-31(35)29(5-2)39-27-12-9-11-24(22-27)23-34(32-33-28-13-7-8-14-30(28)40-32)19-10-21-37-26-17-15-25(36-3)16-18-26/h7-9,11-18,22,29H,4-6,10,19-21,23H2,1-3H3/t29-/m1/s1. The molecule has 0 saturated heterocycles. The van der Waals surface area contributed by atoms with E-state index in [0.717, 1.165) is 47.4 Å². The zero-order valence-corrected chi connectivity index (χ0v) is 23.5. The van der Waals surface area contributed by atoms with Crippen LogP contribution >= 0.6 is 0 Å². The quantitative estimate of drug-likeness (QED) is 0.112. The highest BCUT2D eigenvalue weighted by atomic mass is 16.6. The summed E-state index contributed by atoms with van der Waals surface area (Å²) in [6.45, 7) is 6.13. The number of para-hydroxylation sites is 2. The third-order valence-corrected chi connectivity index (χ3v) is 6.38. The van der Waals surface area contributed by atoms with Crippen LogP contribution in [0.15, 0.2) is 77.2 Å². The van der Waals surface area contributed by atoms with Gasteiger partial charge in [0.15, 0.2) is 11.7 Å². The number of esters is 1. The first-order valence-corrected chi connectivity index (χ1v) is 13.9. The molecule has 0 bridgehead atoms. The lowest BCUT2D eigenvalue weighted by molar-refractivity contribution is -0.152. The molecule has 3 aromatic carbocycles. The normalized spacial score (nSPS) is 11.7. The third kappa shape index (κ3) is 8.15. The van der Waals surface area contributed by atoms with E-state index in [9.17, 15) is 4.79 Å². The number of nitrogens with zero attached hydrogens (tertiary/aromatic N) is 2. The summed E-state index contributed by atoms with van der Waals surface area (Å²) in [6.07, 6.45) is 2.45. The third-order valence-electron chi connectivity index (χ3n) is 6.38. The lowest BCUT2D eigenvalue weighted by atomic mass is 10.2. The Kier molecular flexibility index (Phi) is 10.7. The van der Waals surface area contributed by atoms with Crippen molar-refractivity contribution in [1.82, 2.24) is 4.98 Å². The fourth-order valence-electron chi connectivity index (χ4n) is 4.16. The van der Waals surface area contributed by atoms with Crippen molar-refractivity contribution >= 4 is 23.1 Å². The number of hydrogen-bond donors (Lipinski definition) is 0. The molecule has 8 nitrogen and oxygen atoms in total. The summed E-state index contributed by atoms with van der Waals surface area (Å²) in [5, 5.41) is 0. The monoisotopic (exact) mass is 546 g/mol. The molecule has 1 aromatic heterocycles. The predicted octanol–water partition coefficient (Wildman–Crippen LogP) is 6.81. The number of benzene rings is 3. The molecule has 0 amide bonds. The van der Waals surface area contributed by atoms with E-state index >= 15 is 0 Å². The zero-order valence-electron chi connectivity index (χ0n) is 23.5. The molecule has 0 unspecified atom stereocenters. The minimum Gasteiger partial charge on any atom is -0.497 e. The zero-order chi connectivity index (χ0) is 28.2. The summed E-state index contributed by atoms with van der Waals surface area (Å²) in [7, 11) is 1.64. The van der Waals surface area contributed by atoms with Gasteiger partial charge < -0.3 is 28.3 Å². The van der Waals surface area contributed by atoms with E-state index < -0.39 is 6.10 Å². The number of carbonyl (C=O) groups excluding carboxylic acids is 1. The number of oxazole rings is 1. The molecule has 0 aliphatic carbocycles. The van der Waals surface area contributed by atoms with Crippen LogP contribution in [0.4, 0.5) is 6.01 Å². The van der Waals surface area contributed by atoms with Crippen LogP contribution in [0.2, 0.25) is 0 Å². The average Bonchev–Trinajstić information content (AvgIpc) is 3.42. The van der Waals surface area contributed by atoms with E-state index in [1.165, 1.54) is 0 Å². The van der Waals surface area contributed by atoms with Crippen LogP contribution in [0, 0.1) is 0 Å². The van der Waals surface area contributed by atoms with E-state index in [4.69, 9.17) is 28.3 Å². The second-order valence-electron chi connectivity index (χ2n) is 9.45. The van der Waals surface area contributed by atoms with Crippen LogP contribution < -0.4 is 19.1 Å². The van der Waals surface area contributed by atoms with Crippen LogP contribution in [0.5, 0.6) is 17.2 Å². The lowest BCUT2D eigenvalue weighted by Gasteiger charge is -2.22. The highest BCUT2D eigenvalue weighted by Crippen LogP contribution is 2.25. The van der Waals surface area contributed by atoms with Crippen molar-refractivity contribution in [2.75, 3.05) is 31.8 Å². The molecular weight excluding hydrogens is 508 g/mol. The number of rotatable bonds is 16. The molecule has 0 fully saturated rings. The van der Waals surface area contributed by atoms with Crippen molar-refractivity contribution in [1.29, 1.82) is 0 Å². The Labute approximate surface area is 235 Å². The molecule has 4 rings (SSSR count). The number of aromatic nitrogens is 1. The van der Waals surface area contributed by atoms with Gasteiger partial charge in [-0.1, -0.05) is 44.5 Å². The number of fused-ring (bicyclic) bond motifs is 1. The molecule has 1 heterocycles. The van der Waals surface area contributed by atoms with Crippen LogP contribution in [0.1, 0.15) is 45.1 Å². The second kappa shape index (κ2) is 14.8. The number of methoxy groups -OCH3 is 1. The first-order valence-electron chi connectivity index (χ1n) is 13.9. The van der Waals surface area contributed by atoms with Crippen molar-refractivity contribution in [2.24, 2.45) is 0 Å². The van der Waals surface area contributed by atoms with Gasteiger partial charge in [-0.2, -0.15) is 4.98 Å². The van der Waals surface area contributed by atoms with E-state index in [0.29, 0.717) is 44.5 Å². The Morgan fingerprint density at radius 1 is 0.925 bits per heavy atom. The van der Waals surface area contributed by atoms with Gasteiger partial charge in [0.25, 0.3) is 6.01 Å². The lowest BCUT2D eigenvalue weighted by Crippen LogP contribution is -2.29.